The monoisotopic (exact) mass is 538 g/mol. The zero-order valence-electron chi connectivity index (χ0n) is 16.2. The van der Waals surface area contributed by atoms with Gasteiger partial charge >= 0.3 is 0 Å². The number of benzene rings is 1. The lowest BCUT2D eigenvalue weighted by Crippen LogP contribution is -2.39. The van der Waals surface area contributed by atoms with Crippen LogP contribution in [-0.4, -0.2) is 53.1 Å². The zero-order valence-corrected chi connectivity index (χ0v) is 20.2. The number of thiophene rings is 1. The highest BCUT2D eigenvalue weighted by molar-refractivity contribution is 14.0. The number of guanidine groups is 1. The van der Waals surface area contributed by atoms with Crippen molar-refractivity contribution in [3.63, 3.8) is 0 Å². The number of halogens is 1. The lowest BCUT2D eigenvalue weighted by Gasteiger charge is -2.22. The van der Waals surface area contributed by atoms with Crippen LogP contribution in [-0.2, 0) is 16.6 Å². The minimum Gasteiger partial charge on any atom is -0.497 e. The standard InChI is InChI=1S/C18H26N4O3S2.HI/c1-4-19-18(22(2)14-15-7-9-16(25-3)10-8-15)20-11-12-21-27(23,24)17-6-5-13-26-17;/h5-10,13,21H,4,11-12,14H2,1-3H3,(H,19,20);1H. The van der Waals surface area contributed by atoms with E-state index in [0.717, 1.165) is 23.8 Å². The van der Waals surface area contributed by atoms with Crippen LogP contribution in [0.15, 0.2) is 51.0 Å². The second-order valence-corrected chi connectivity index (χ2v) is 8.71. The summed E-state index contributed by atoms with van der Waals surface area (Å²) in [7, 11) is 0.139. The largest absolute Gasteiger partial charge is 0.497 e. The smallest absolute Gasteiger partial charge is 0.250 e. The molecule has 10 heteroatoms. The molecular formula is C18H27IN4O3S2. The third kappa shape index (κ3) is 7.57. The van der Waals surface area contributed by atoms with E-state index < -0.39 is 10.0 Å². The Balaban J connectivity index is 0.00000392. The second-order valence-electron chi connectivity index (χ2n) is 5.77. The van der Waals surface area contributed by atoms with Crippen molar-refractivity contribution in [1.82, 2.24) is 14.9 Å². The molecule has 0 spiro atoms. The number of methoxy groups -OCH3 is 1. The van der Waals surface area contributed by atoms with Crippen LogP contribution in [0.25, 0.3) is 0 Å². The van der Waals surface area contributed by atoms with E-state index in [2.05, 4.69) is 15.0 Å². The normalized spacial score (nSPS) is 11.6. The summed E-state index contributed by atoms with van der Waals surface area (Å²) < 4.78 is 32.3. The van der Waals surface area contributed by atoms with Gasteiger partial charge < -0.3 is 15.0 Å². The van der Waals surface area contributed by atoms with Crippen LogP contribution < -0.4 is 14.8 Å². The molecule has 28 heavy (non-hydrogen) atoms. The number of sulfonamides is 1. The summed E-state index contributed by atoms with van der Waals surface area (Å²) in [4.78, 5) is 6.51. The van der Waals surface area contributed by atoms with Crippen molar-refractivity contribution < 1.29 is 13.2 Å². The highest BCUT2D eigenvalue weighted by Gasteiger charge is 2.14. The van der Waals surface area contributed by atoms with Crippen molar-refractivity contribution in [2.75, 3.05) is 33.8 Å². The van der Waals surface area contributed by atoms with Crippen molar-refractivity contribution >= 4 is 51.3 Å². The molecule has 1 aromatic heterocycles. The molecule has 0 radical (unpaired) electrons. The minimum atomic E-state index is -3.45. The van der Waals surface area contributed by atoms with Gasteiger partial charge in [-0.05, 0) is 36.1 Å². The van der Waals surface area contributed by atoms with Crippen LogP contribution >= 0.6 is 35.3 Å². The maximum atomic E-state index is 12.1. The van der Waals surface area contributed by atoms with Crippen molar-refractivity contribution in [1.29, 1.82) is 0 Å². The molecular weight excluding hydrogens is 511 g/mol. The first-order valence-electron chi connectivity index (χ1n) is 8.62. The first kappa shape index (κ1) is 24.7. The number of nitrogens with one attached hydrogen (secondary N) is 2. The van der Waals surface area contributed by atoms with Gasteiger partial charge in [0, 0.05) is 26.7 Å². The van der Waals surface area contributed by atoms with Gasteiger partial charge in [-0.15, -0.1) is 35.3 Å². The fraction of sp³-hybridized carbons (Fsp3) is 0.389. The molecule has 0 aliphatic rings. The molecule has 0 bridgehead atoms. The molecule has 0 saturated heterocycles. The zero-order chi connectivity index (χ0) is 19.7. The van der Waals surface area contributed by atoms with Crippen LogP contribution in [0.3, 0.4) is 0 Å². The van der Waals surface area contributed by atoms with Gasteiger partial charge in [0.15, 0.2) is 5.96 Å². The predicted molar refractivity (Wildman–Crippen MR) is 125 cm³/mol. The Labute approximate surface area is 188 Å². The van der Waals surface area contributed by atoms with Crippen molar-refractivity contribution in [3.8, 4) is 5.75 Å². The number of hydrogen-bond acceptors (Lipinski definition) is 5. The van der Waals surface area contributed by atoms with Crippen LogP contribution in [0.2, 0.25) is 0 Å². The van der Waals surface area contributed by atoms with Gasteiger partial charge in [0.25, 0.3) is 0 Å². The Morgan fingerprint density at radius 3 is 2.54 bits per heavy atom. The maximum Gasteiger partial charge on any atom is 0.250 e. The van der Waals surface area contributed by atoms with Crippen molar-refractivity contribution in [2.45, 2.75) is 17.7 Å². The van der Waals surface area contributed by atoms with E-state index in [9.17, 15) is 8.42 Å². The summed E-state index contributed by atoms with van der Waals surface area (Å²) in [5.74, 6) is 1.55. The SMILES string of the molecule is CCNC(=NCCNS(=O)(=O)c1cccs1)N(C)Cc1ccc(OC)cc1.I. The number of ether oxygens (including phenoxy) is 1. The minimum absolute atomic E-state index is 0. The molecule has 0 saturated carbocycles. The van der Waals surface area contributed by atoms with Gasteiger partial charge in [0.1, 0.15) is 9.96 Å². The lowest BCUT2D eigenvalue weighted by molar-refractivity contribution is 0.414. The van der Waals surface area contributed by atoms with E-state index in [1.165, 1.54) is 11.3 Å². The average Bonchev–Trinajstić information content (AvgIpc) is 3.20. The maximum absolute atomic E-state index is 12.1. The van der Waals surface area contributed by atoms with E-state index in [1.54, 1.807) is 24.6 Å². The Morgan fingerprint density at radius 1 is 1.25 bits per heavy atom. The van der Waals surface area contributed by atoms with Gasteiger partial charge in [0.2, 0.25) is 10.0 Å². The summed E-state index contributed by atoms with van der Waals surface area (Å²) in [5, 5.41) is 4.97. The average molecular weight is 538 g/mol. The molecule has 2 aromatic rings. The third-order valence-electron chi connectivity index (χ3n) is 3.70. The first-order valence-corrected chi connectivity index (χ1v) is 11.0. The Morgan fingerprint density at radius 2 is 1.96 bits per heavy atom. The summed E-state index contributed by atoms with van der Waals surface area (Å²) >= 11 is 1.20. The molecule has 1 aromatic carbocycles. The van der Waals surface area contributed by atoms with E-state index in [0.29, 0.717) is 17.3 Å². The van der Waals surface area contributed by atoms with Gasteiger partial charge in [-0.25, -0.2) is 13.1 Å². The molecule has 0 amide bonds. The van der Waals surface area contributed by atoms with Gasteiger partial charge in [-0.1, -0.05) is 18.2 Å². The molecule has 2 N–H and O–H groups in total. The molecule has 0 aliphatic carbocycles. The molecule has 0 atom stereocenters. The molecule has 2 rings (SSSR count). The summed E-state index contributed by atoms with van der Waals surface area (Å²) in [6.07, 6.45) is 0. The van der Waals surface area contributed by atoms with E-state index in [4.69, 9.17) is 4.74 Å². The molecule has 0 aliphatic heterocycles. The number of rotatable bonds is 9. The van der Waals surface area contributed by atoms with E-state index in [1.807, 2.05) is 43.1 Å². The summed E-state index contributed by atoms with van der Waals surface area (Å²) in [5.41, 5.74) is 1.13. The van der Waals surface area contributed by atoms with Gasteiger partial charge in [-0.2, -0.15) is 0 Å². The molecule has 0 fully saturated rings. The van der Waals surface area contributed by atoms with Crippen LogP contribution in [0, 0.1) is 0 Å². The molecule has 7 nitrogen and oxygen atoms in total. The third-order valence-corrected chi connectivity index (χ3v) is 6.56. The first-order chi connectivity index (χ1) is 13.0. The van der Waals surface area contributed by atoms with Crippen LogP contribution in [0.1, 0.15) is 12.5 Å². The van der Waals surface area contributed by atoms with E-state index >= 15 is 0 Å². The Bertz CT molecular complexity index is 825. The van der Waals surface area contributed by atoms with Gasteiger partial charge in [0.05, 0.1) is 13.7 Å². The molecule has 156 valence electrons. The van der Waals surface area contributed by atoms with Crippen molar-refractivity contribution in [3.05, 3.63) is 47.3 Å². The summed E-state index contributed by atoms with van der Waals surface area (Å²) in [6, 6.07) is 11.2. The Kier molecular flexibility index (Phi) is 10.8. The lowest BCUT2D eigenvalue weighted by atomic mass is 10.2. The number of hydrogen-bond donors (Lipinski definition) is 2. The second kappa shape index (κ2) is 12.2. The fourth-order valence-corrected chi connectivity index (χ4v) is 4.44. The molecule has 0 unspecified atom stereocenters. The van der Waals surface area contributed by atoms with Crippen molar-refractivity contribution in [2.24, 2.45) is 4.99 Å². The van der Waals surface area contributed by atoms with E-state index in [-0.39, 0.29) is 30.5 Å². The van der Waals surface area contributed by atoms with Gasteiger partial charge in [-0.3, -0.25) is 4.99 Å². The quantitative estimate of drug-likeness (QED) is 0.222. The van der Waals surface area contributed by atoms with Crippen LogP contribution in [0.4, 0.5) is 0 Å². The highest BCUT2D eigenvalue weighted by Crippen LogP contribution is 2.15. The predicted octanol–water partition coefficient (Wildman–Crippen LogP) is 2.75. The number of nitrogens with zero attached hydrogens (tertiary/aromatic N) is 2. The number of aliphatic imine (C=N–C) groups is 1. The Hall–Kier alpha value is -1.37. The highest BCUT2D eigenvalue weighted by atomic mass is 127. The topological polar surface area (TPSA) is 83.0 Å². The summed E-state index contributed by atoms with van der Waals surface area (Å²) in [6.45, 7) is 3.99. The molecule has 1 heterocycles. The van der Waals surface area contributed by atoms with Crippen LogP contribution in [0.5, 0.6) is 5.75 Å². The fourth-order valence-electron chi connectivity index (χ4n) is 2.38.